The highest BCUT2D eigenvalue weighted by molar-refractivity contribution is 5.72. The summed E-state index contributed by atoms with van der Waals surface area (Å²) in [7, 11) is 1.90. The van der Waals surface area contributed by atoms with Gasteiger partial charge in [-0.05, 0) is 45.6 Å². The summed E-state index contributed by atoms with van der Waals surface area (Å²) in [5, 5.41) is 31.3. The van der Waals surface area contributed by atoms with Crippen LogP contribution in [0.25, 0.3) is 0 Å². The van der Waals surface area contributed by atoms with E-state index in [4.69, 9.17) is 4.74 Å². The number of ether oxygens (including phenoxy) is 1. The van der Waals surface area contributed by atoms with E-state index in [1.807, 2.05) is 25.8 Å². The van der Waals surface area contributed by atoms with E-state index in [0.717, 1.165) is 13.0 Å². The first-order valence-electron chi connectivity index (χ1n) is 9.62. The Labute approximate surface area is 152 Å². The van der Waals surface area contributed by atoms with Crippen molar-refractivity contribution in [1.82, 2.24) is 4.90 Å². The van der Waals surface area contributed by atoms with E-state index in [0.29, 0.717) is 25.7 Å². The van der Waals surface area contributed by atoms with E-state index in [-0.39, 0.29) is 30.0 Å². The summed E-state index contributed by atoms with van der Waals surface area (Å²) < 4.78 is 5.47. The lowest BCUT2D eigenvalue weighted by molar-refractivity contribution is -0.167. The van der Waals surface area contributed by atoms with Crippen molar-refractivity contribution >= 4 is 5.97 Å². The number of hydrogen-bond donors (Lipinski definition) is 3. The molecule has 1 aliphatic rings. The predicted octanol–water partition coefficient (Wildman–Crippen LogP) is 1.56. The van der Waals surface area contributed by atoms with Gasteiger partial charge in [0.15, 0.2) is 0 Å². The molecule has 1 saturated heterocycles. The molecule has 1 rings (SSSR count). The molecule has 0 aromatic heterocycles. The number of rotatable bonds is 1. The van der Waals surface area contributed by atoms with Crippen molar-refractivity contribution in [2.24, 2.45) is 11.8 Å². The van der Waals surface area contributed by atoms with Crippen molar-refractivity contribution in [2.45, 2.75) is 90.3 Å². The molecule has 0 amide bonds. The number of nitrogens with zero attached hydrogens (tertiary/aromatic N) is 1. The Morgan fingerprint density at radius 3 is 2.36 bits per heavy atom. The van der Waals surface area contributed by atoms with Crippen molar-refractivity contribution in [2.75, 3.05) is 13.6 Å². The maximum atomic E-state index is 12.3. The van der Waals surface area contributed by atoms with Crippen molar-refractivity contribution in [3.63, 3.8) is 0 Å². The van der Waals surface area contributed by atoms with Crippen molar-refractivity contribution in [3.05, 3.63) is 0 Å². The number of esters is 1. The van der Waals surface area contributed by atoms with Crippen LogP contribution >= 0.6 is 0 Å². The lowest BCUT2D eigenvalue weighted by Crippen LogP contribution is -2.51. The molecule has 148 valence electrons. The second kappa shape index (κ2) is 10.5. The topological polar surface area (TPSA) is 90.2 Å². The number of aliphatic hydroxyl groups excluding tert-OH is 3. The molecule has 1 heterocycles. The Bertz CT molecular complexity index is 405. The minimum atomic E-state index is -1.12. The van der Waals surface area contributed by atoms with Gasteiger partial charge in [0.05, 0.1) is 18.1 Å². The van der Waals surface area contributed by atoms with Gasteiger partial charge in [0.2, 0.25) is 0 Å². The summed E-state index contributed by atoms with van der Waals surface area (Å²) in [6.07, 6.45) is -0.0173. The Hall–Kier alpha value is -0.690. The molecular weight excluding hydrogens is 322 g/mol. The Morgan fingerprint density at radius 1 is 1.12 bits per heavy atom. The molecule has 0 aliphatic carbocycles. The predicted molar refractivity (Wildman–Crippen MR) is 97.1 cm³/mol. The normalized spacial score (nSPS) is 40.8. The maximum Gasteiger partial charge on any atom is 0.309 e. The van der Waals surface area contributed by atoms with E-state index in [1.165, 1.54) is 0 Å². The number of cyclic esters (lactones) is 1. The molecule has 7 atom stereocenters. The molecule has 25 heavy (non-hydrogen) atoms. The minimum Gasteiger partial charge on any atom is -0.459 e. The minimum absolute atomic E-state index is 0.272. The van der Waals surface area contributed by atoms with Crippen LogP contribution in [-0.2, 0) is 9.53 Å². The monoisotopic (exact) mass is 359 g/mol. The molecule has 0 spiro atoms. The van der Waals surface area contributed by atoms with Crippen LogP contribution in [0.5, 0.6) is 0 Å². The van der Waals surface area contributed by atoms with Crippen molar-refractivity contribution in [1.29, 1.82) is 0 Å². The fraction of sp³-hybridized carbons (Fsp3) is 0.947. The summed E-state index contributed by atoms with van der Waals surface area (Å²) in [5.74, 6) is -0.362. The smallest absolute Gasteiger partial charge is 0.309 e. The standard InChI is InChI=1S/C19H37NO5/c1-6-16-18(23)17(22)14(4)20(5)11-12(2)10-15(21)9-7-8-13(3)19(24)25-16/h12-18,21-23H,6-11H2,1-5H3/t12-,13?,14?,15?,16-,17?,18?/m1/s1. The third-order valence-corrected chi connectivity index (χ3v) is 5.44. The Morgan fingerprint density at radius 2 is 1.76 bits per heavy atom. The third kappa shape index (κ3) is 6.85. The molecule has 1 aliphatic heterocycles. The highest BCUT2D eigenvalue weighted by atomic mass is 16.6. The van der Waals surface area contributed by atoms with E-state index in [1.54, 1.807) is 6.92 Å². The SMILES string of the molecule is CC[C@H]1OC(=O)C(C)CCCC(O)C[C@@H](C)CN(C)C(C)C(O)C1O. The van der Waals surface area contributed by atoms with Crippen LogP contribution in [0, 0.1) is 11.8 Å². The molecule has 6 nitrogen and oxygen atoms in total. The first-order valence-corrected chi connectivity index (χ1v) is 9.62. The summed E-state index contributed by atoms with van der Waals surface area (Å²) in [6.45, 7) is 8.29. The number of aliphatic hydroxyl groups is 3. The summed E-state index contributed by atoms with van der Waals surface area (Å²) >= 11 is 0. The first-order chi connectivity index (χ1) is 11.7. The van der Waals surface area contributed by atoms with Gasteiger partial charge in [-0.15, -0.1) is 0 Å². The fourth-order valence-electron chi connectivity index (χ4n) is 3.52. The molecule has 5 unspecified atom stereocenters. The van der Waals surface area contributed by atoms with Crippen molar-refractivity contribution in [3.8, 4) is 0 Å². The fourth-order valence-corrected chi connectivity index (χ4v) is 3.52. The van der Waals surface area contributed by atoms with Gasteiger partial charge >= 0.3 is 5.97 Å². The van der Waals surface area contributed by atoms with Gasteiger partial charge in [0, 0.05) is 12.6 Å². The van der Waals surface area contributed by atoms with Gasteiger partial charge < -0.3 is 25.0 Å². The van der Waals surface area contributed by atoms with E-state index in [9.17, 15) is 20.1 Å². The van der Waals surface area contributed by atoms with Crippen LogP contribution in [0.3, 0.4) is 0 Å². The van der Waals surface area contributed by atoms with E-state index in [2.05, 4.69) is 6.92 Å². The largest absolute Gasteiger partial charge is 0.459 e. The first kappa shape index (κ1) is 22.4. The number of likely N-dealkylation sites (N-methyl/N-ethyl adjacent to an activating group) is 1. The third-order valence-electron chi connectivity index (χ3n) is 5.44. The quantitative estimate of drug-likeness (QED) is 0.616. The maximum absolute atomic E-state index is 12.3. The van der Waals surface area contributed by atoms with E-state index < -0.39 is 18.3 Å². The Kier molecular flexibility index (Phi) is 9.35. The summed E-state index contributed by atoms with van der Waals surface area (Å²) in [6, 6.07) is -0.287. The van der Waals surface area contributed by atoms with Crippen LogP contribution in [0.4, 0.5) is 0 Å². The molecule has 1 fully saturated rings. The van der Waals surface area contributed by atoms with Gasteiger partial charge in [-0.3, -0.25) is 4.79 Å². The number of carbonyl (C=O) groups excluding carboxylic acids is 1. The van der Waals surface area contributed by atoms with Gasteiger partial charge in [0.25, 0.3) is 0 Å². The van der Waals surface area contributed by atoms with Crippen molar-refractivity contribution < 1.29 is 24.9 Å². The highest BCUT2D eigenvalue weighted by Gasteiger charge is 2.34. The summed E-state index contributed by atoms with van der Waals surface area (Å²) in [4.78, 5) is 14.3. The van der Waals surface area contributed by atoms with Crippen LogP contribution in [0.1, 0.15) is 59.8 Å². The molecule has 0 aromatic carbocycles. The zero-order chi connectivity index (χ0) is 19.1. The molecule has 6 heteroatoms. The lowest BCUT2D eigenvalue weighted by atomic mass is 9.96. The van der Waals surface area contributed by atoms with Crippen LogP contribution in [0.2, 0.25) is 0 Å². The van der Waals surface area contributed by atoms with Gasteiger partial charge in [-0.25, -0.2) is 0 Å². The lowest BCUT2D eigenvalue weighted by Gasteiger charge is -2.35. The molecule has 0 aromatic rings. The van der Waals surface area contributed by atoms with Crippen LogP contribution < -0.4 is 0 Å². The number of hydrogen-bond acceptors (Lipinski definition) is 6. The second-order valence-corrected chi connectivity index (χ2v) is 7.87. The zero-order valence-corrected chi connectivity index (χ0v) is 16.4. The average Bonchev–Trinajstić information content (AvgIpc) is 2.56. The average molecular weight is 360 g/mol. The molecule has 3 N–H and O–H groups in total. The van der Waals surface area contributed by atoms with Crippen LogP contribution in [0.15, 0.2) is 0 Å². The van der Waals surface area contributed by atoms with Gasteiger partial charge in [0.1, 0.15) is 12.2 Å². The molecular formula is C19H37NO5. The molecule has 0 saturated carbocycles. The van der Waals surface area contributed by atoms with Crippen LogP contribution in [-0.4, -0.2) is 70.2 Å². The van der Waals surface area contributed by atoms with Gasteiger partial charge in [-0.1, -0.05) is 27.2 Å². The zero-order valence-electron chi connectivity index (χ0n) is 16.4. The van der Waals surface area contributed by atoms with E-state index >= 15 is 0 Å². The highest BCUT2D eigenvalue weighted by Crippen LogP contribution is 2.21. The second-order valence-electron chi connectivity index (χ2n) is 7.87. The molecule has 0 radical (unpaired) electrons. The van der Waals surface area contributed by atoms with Gasteiger partial charge in [-0.2, -0.15) is 0 Å². The number of carbonyl (C=O) groups is 1. The molecule has 0 bridgehead atoms. The Balaban J connectivity index is 2.93. The summed E-state index contributed by atoms with van der Waals surface area (Å²) in [5.41, 5.74) is 0.